The van der Waals surface area contributed by atoms with Crippen molar-refractivity contribution in [3.63, 3.8) is 0 Å². The number of carbonyl (C=O) groups is 2. The number of carbonyl (C=O) groups excluding carboxylic acids is 2. The first-order valence-corrected chi connectivity index (χ1v) is 10.9. The third kappa shape index (κ3) is 5.20. The van der Waals surface area contributed by atoms with Gasteiger partial charge in [-0.3, -0.25) is 9.59 Å². The molecule has 0 spiro atoms. The Morgan fingerprint density at radius 2 is 1.73 bits per heavy atom. The van der Waals surface area contributed by atoms with Crippen molar-refractivity contribution in [1.82, 2.24) is 4.90 Å². The van der Waals surface area contributed by atoms with Crippen LogP contribution in [-0.4, -0.2) is 55.7 Å². The minimum absolute atomic E-state index is 0.0558. The van der Waals surface area contributed by atoms with Crippen molar-refractivity contribution in [3.05, 3.63) is 64.7 Å². The fourth-order valence-electron chi connectivity index (χ4n) is 3.83. The van der Waals surface area contributed by atoms with Gasteiger partial charge in [0.15, 0.2) is 0 Å². The summed E-state index contributed by atoms with van der Waals surface area (Å²) in [4.78, 5) is 27.4. The summed E-state index contributed by atoms with van der Waals surface area (Å²) in [5.74, 6) is 0.135. The van der Waals surface area contributed by atoms with Crippen molar-refractivity contribution < 1.29 is 28.9 Å². The fourth-order valence-corrected chi connectivity index (χ4v) is 3.83. The molecule has 33 heavy (non-hydrogen) atoms. The smallest absolute Gasteiger partial charge is 0.295 e. The fraction of sp³-hybridized carbons (Fsp3) is 0.385. The van der Waals surface area contributed by atoms with E-state index >= 15 is 0 Å². The van der Waals surface area contributed by atoms with Crippen molar-refractivity contribution in [3.8, 4) is 11.5 Å². The number of benzene rings is 2. The van der Waals surface area contributed by atoms with Gasteiger partial charge in [-0.15, -0.1) is 0 Å². The van der Waals surface area contributed by atoms with E-state index in [2.05, 4.69) is 13.8 Å². The van der Waals surface area contributed by atoms with Crippen LogP contribution < -0.4 is 9.47 Å². The maximum atomic E-state index is 13.1. The van der Waals surface area contributed by atoms with Crippen molar-refractivity contribution >= 4 is 17.4 Å². The Morgan fingerprint density at radius 1 is 1.06 bits per heavy atom. The highest BCUT2D eigenvalue weighted by molar-refractivity contribution is 6.46. The molecule has 7 heteroatoms. The van der Waals surface area contributed by atoms with Gasteiger partial charge < -0.3 is 24.2 Å². The maximum Gasteiger partial charge on any atom is 0.295 e. The molecule has 2 aromatic rings. The number of ether oxygens (including phenoxy) is 3. The van der Waals surface area contributed by atoms with Crippen LogP contribution in [0, 0.1) is 12.8 Å². The minimum atomic E-state index is -0.735. The van der Waals surface area contributed by atoms with E-state index in [4.69, 9.17) is 14.2 Å². The molecule has 0 saturated carbocycles. The Hall–Kier alpha value is -3.32. The average Bonchev–Trinajstić information content (AvgIpc) is 3.06. The maximum absolute atomic E-state index is 13.1. The van der Waals surface area contributed by atoms with Crippen molar-refractivity contribution in [1.29, 1.82) is 0 Å². The number of aryl methyl sites for hydroxylation is 1. The summed E-state index contributed by atoms with van der Waals surface area (Å²) in [7, 11) is 3.09. The number of rotatable bonds is 9. The lowest BCUT2D eigenvalue weighted by molar-refractivity contribution is -0.140. The number of methoxy groups -OCH3 is 2. The highest BCUT2D eigenvalue weighted by Crippen LogP contribution is 2.40. The molecule has 2 aromatic carbocycles. The molecule has 0 bridgehead atoms. The number of likely N-dealkylation sites (tertiary alicyclic amines) is 1. The van der Waals surface area contributed by atoms with Crippen LogP contribution in [0.2, 0.25) is 0 Å². The van der Waals surface area contributed by atoms with Crippen molar-refractivity contribution in [2.24, 2.45) is 5.92 Å². The summed E-state index contributed by atoms with van der Waals surface area (Å²) >= 11 is 0. The first kappa shape index (κ1) is 24.3. The van der Waals surface area contributed by atoms with Crippen molar-refractivity contribution in [2.75, 3.05) is 34.0 Å². The third-order valence-electron chi connectivity index (χ3n) is 5.54. The Morgan fingerprint density at radius 3 is 2.30 bits per heavy atom. The monoisotopic (exact) mass is 453 g/mol. The highest BCUT2D eigenvalue weighted by Gasteiger charge is 2.46. The molecule has 1 aliphatic rings. The molecular weight excluding hydrogens is 422 g/mol. The molecule has 0 aromatic heterocycles. The topological polar surface area (TPSA) is 85.3 Å². The lowest BCUT2D eigenvalue weighted by atomic mass is 9.94. The van der Waals surface area contributed by atoms with E-state index in [1.165, 1.54) is 12.0 Å². The van der Waals surface area contributed by atoms with E-state index in [0.29, 0.717) is 35.2 Å². The van der Waals surface area contributed by atoms with Crippen LogP contribution in [0.3, 0.4) is 0 Å². The molecule has 0 aliphatic carbocycles. The van der Waals surface area contributed by atoms with Gasteiger partial charge in [0.25, 0.3) is 11.7 Å². The van der Waals surface area contributed by atoms with Gasteiger partial charge in [0.2, 0.25) is 0 Å². The van der Waals surface area contributed by atoms with Gasteiger partial charge in [-0.25, -0.2) is 0 Å². The molecule has 1 N–H and O–H groups in total. The van der Waals surface area contributed by atoms with Crippen LogP contribution >= 0.6 is 0 Å². The number of hydrogen-bond donors (Lipinski definition) is 1. The van der Waals surface area contributed by atoms with E-state index in [1.807, 2.05) is 31.2 Å². The molecular formula is C26H31NO6. The molecule has 1 atom stereocenters. The lowest BCUT2D eigenvalue weighted by Crippen LogP contribution is -2.32. The van der Waals surface area contributed by atoms with Crippen LogP contribution in [-0.2, 0) is 14.3 Å². The molecule has 0 radical (unpaired) electrons. The summed E-state index contributed by atoms with van der Waals surface area (Å²) in [5, 5.41) is 11.2. The molecule has 1 unspecified atom stereocenters. The zero-order valence-corrected chi connectivity index (χ0v) is 19.8. The zero-order chi connectivity index (χ0) is 24.1. The molecule has 3 rings (SSSR count). The van der Waals surface area contributed by atoms with Crippen LogP contribution in [0.5, 0.6) is 11.5 Å². The lowest BCUT2D eigenvalue weighted by Gasteiger charge is -2.25. The van der Waals surface area contributed by atoms with Gasteiger partial charge >= 0.3 is 0 Å². The second-order valence-electron chi connectivity index (χ2n) is 8.44. The number of nitrogens with zero attached hydrogens (tertiary/aromatic N) is 1. The number of aliphatic hydroxyl groups is 1. The standard InChI is InChI=1S/C26H31NO6/c1-16(2)15-33-19-8-6-18(7-9-19)23-22(25(29)26(30)27(23)12-13-31-4)24(28)21-11-10-20(32-5)14-17(21)3/h6-11,14,16,23,28H,12-13,15H2,1-5H3/b24-22-. The molecule has 1 aliphatic heterocycles. The van der Waals surface area contributed by atoms with Gasteiger partial charge in [0.05, 0.1) is 31.9 Å². The van der Waals surface area contributed by atoms with Gasteiger partial charge in [-0.1, -0.05) is 26.0 Å². The van der Waals surface area contributed by atoms with Gasteiger partial charge in [-0.05, 0) is 54.3 Å². The zero-order valence-electron chi connectivity index (χ0n) is 19.8. The summed E-state index contributed by atoms with van der Waals surface area (Å²) in [6, 6.07) is 11.7. The summed E-state index contributed by atoms with van der Waals surface area (Å²) in [5.41, 5.74) is 1.96. The molecule has 7 nitrogen and oxygen atoms in total. The number of hydrogen-bond acceptors (Lipinski definition) is 6. The predicted octanol–water partition coefficient (Wildman–Crippen LogP) is 4.11. The number of amides is 1. The number of aliphatic hydroxyl groups excluding tert-OH is 1. The van der Waals surface area contributed by atoms with E-state index in [-0.39, 0.29) is 24.5 Å². The van der Waals surface area contributed by atoms with E-state index in [1.54, 1.807) is 25.3 Å². The average molecular weight is 454 g/mol. The van der Waals surface area contributed by atoms with Gasteiger partial charge in [0.1, 0.15) is 17.3 Å². The van der Waals surface area contributed by atoms with Crippen LogP contribution in [0.4, 0.5) is 0 Å². The Balaban J connectivity index is 2.07. The van der Waals surface area contributed by atoms with Crippen LogP contribution in [0.1, 0.15) is 36.6 Å². The first-order valence-electron chi connectivity index (χ1n) is 10.9. The molecule has 1 amide bonds. The molecule has 1 fully saturated rings. The largest absolute Gasteiger partial charge is 0.507 e. The number of ketones is 1. The van der Waals surface area contributed by atoms with Crippen LogP contribution in [0.15, 0.2) is 48.0 Å². The summed E-state index contributed by atoms with van der Waals surface area (Å²) in [6.45, 7) is 7.02. The van der Waals surface area contributed by atoms with E-state index < -0.39 is 17.7 Å². The molecule has 176 valence electrons. The minimum Gasteiger partial charge on any atom is -0.507 e. The second-order valence-corrected chi connectivity index (χ2v) is 8.44. The van der Waals surface area contributed by atoms with E-state index in [0.717, 1.165) is 5.56 Å². The van der Waals surface area contributed by atoms with E-state index in [9.17, 15) is 14.7 Å². The predicted molar refractivity (Wildman–Crippen MR) is 125 cm³/mol. The van der Waals surface area contributed by atoms with Gasteiger partial charge in [-0.2, -0.15) is 0 Å². The Labute approximate surface area is 194 Å². The quantitative estimate of drug-likeness (QED) is 0.349. The third-order valence-corrected chi connectivity index (χ3v) is 5.54. The Bertz CT molecular complexity index is 1040. The second kappa shape index (κ2) is 10.5. The molecule has 1 saturated heterocycles. The highest BCUT2D eigenvalue weighted by atomic mass is 16.5. The molecule has 1 heterocycles. The summed E-state index contributed by atoms with van der Waals surface area (Å²) < 4.78 is 16.2. The number of Topliss-reactive ketones (excluding diaryl/α,β-unsaturated/α-hetero) is 1. The first-order chi connectivity index (χ1) is 15.8. The van der Waals surface area contributed by atoms with Gasteiger partial charge in [0, 0.05) is 19.2 Å². The van der Waals surface area contributed by atoms with Crippen LogP contribution in [0.25, 0.3) is 5.76 Å². The normalized spacial score (nSPS) is 17.6. The van der Waals surface area contributed by atoms with Crippen molar-refractivity contribution in [2.45, 2.75) is 26.8 Å². The Kier molecular flexibility index (Phi) is 7.76. The summed E-state index contributed by atoms with van der Waals surface area (Å²) in [6.07, 6.45) is 0. The SMILES string of the molecule is COCCN1C(=O)C(=O)/C(=C(\O)c2ccc(OC)cc2C)C1c1ccc(OCC(C)C)cc1.